The summed E-state index contributed by atoms with van der Waals surface area (Å²) in [6, 6.07) is 25.3. The van der Waals surface area contributed by atoms with Gasteiger partial charge in [0.25, 0.3) is 5.56 Å². The van der Waals surface area contributed by atoms with Crippen LogP contribution in [0.15, 0.2) is 88.6 Å². The molecule has 5 rings (SSSR count). The van der Waals surface area contributed by atoms with Crippen LogP contribution in [0.3, 0.4) is 0 Å². The Morgan fingerprint density at radius 3 is 2.07 bits per heavy atom. The minimum atomic E-state index is -0.332. The number of nitrogens with zero attached hydrogens (tertiary/aromatic N) is 4. The molecule has 3 aromatic carbocycles. The molecule has 0 aliphatic heterocycles. The topological polar surface area (TPSA) is 51.7 Å². The van der Waals surface area contributed by atoms with E-state index in [1.807, 2.05) is 83.5 Å². The van der Waals surface area contributed by atoms with Crippen LogP contribution in [0, 0.1) is 0 Å². The normalized spacial score (nSPS) is 12.8. The minimum absolute atomic E-state index is 0.115. The highest BCUT2D eigenvalue weighted by Gasteiger charge is 2.17. The van der Waals surface area contributed by atoms with Gasteiger partial charge in [0.15, 0.2) is 11.1 Å². The Balaban J connectivity index is 2.17. The van der Waals surface area contributed by atoms with Crippen LogP contribution in [0.2, 0.25) is 0 Å². The van der Waals surface area contributed by atoms with E-state index in [9.17, 15) is 4.79 Å². The average molecular weight is 394 g/mol. The molecule has 5 heteroatoms. The summed E-state index contributed by atoms with van der Waals surface area (Å²) in [5, 5.41) is 2.44. The summed E-state index contributed by atoms with van der Waals surface area (Å²) >= 11 is 0. The first-order chi connectivity index (χ1) is 14.4. The van der Waals surface area contributed by atoms with Crippen LogP contribution in [0.1, 0.15) is 20.8 Å². The first-order valence-electron chi connectivity index (χ1n) is 10.0. The fourth-order valence-corrected chi connectivity index (χ4v) is 3.80. The molecule has 0 N–H and O–H groups in total. The molecular weight excluding hydrogens is 372 g/mol. The average Bonchev–Trinajstić information content (AvgIpc) is 2.74. The van der Waals surface area contributed by atoms with Crippen LogP contribution >= 0.6 is 0 Å². The maximum absolute atomic E-state index is 13.7. The van der Waals surface area contributed by atoms with Crippen molar-refractivity contribution < 1.29 is 0 Å². The van der Waals surface area contributed by atoms with E-state index in [1.54, 1.807) is 4.52 Å². The highest BCUT2D eigenvalue weighted by molar-refractivity contribution is 5.95. The van der Waals surface area contributed by atoms with Crippen molar-refractivity contribution in [3.8, 4) is 5.69 Å². The van der Waals surface area contributed by atoms with E-state index < -0.39 is 0 Å². The molecule has 0 saturated heterocycles. The van der Waals surface area contributed by atoms with E-state index in [2.05, 4.69) is 20.8 Å². The molecular formula is C25H22N4O. The molecule has 0 atom stereocenters. The van der Waals surface area contributed by atoms with Gasteiger partial charge in [-0.3, -0.25) is 9.79 Å². The molecule has 0 saturated carbocycles. The number of hydrogen-bond acceptors (Lipinski definition) is 3. The molecule has 0 bridgehead atoms. The Kier molecular flexibility index (Phi) is 4.07. The summed E-state index contributed by atoms with van der Waals surface area (Å²) in [5.41, 5.74) is 2.45. The lowest BCUT2D eigenvalue weighted by atomic mass is 10.1. The predicted molar refractivity (Wildman–Crippen MR) is 121 cm³/mol. The fourth-order valence-electron chi connectivity index (χ4n) is 3.80. The van der Waals surface area contributed by atoms with Crippen LogP contribution in [0.25, 0.3) is 33.0 Å². The monoisotopic (exact) mass is 394 g/mol. The predicted octanol–water partition coefficient (Wildman–Crippen LogP) is 4.49. The molecule has 0 spiro atoms. The molecule has 0 aliphatic carbocycles. The van der Waals surface area contributed by atoms with Crippen LogP contribution in [-0.4, -0.2) is 19.7 Å². The summed E-state index contributed by atoms with van der Waals surface area (Å²) in [6.07, 6.45) is 0. The second kappa shape index (κ2) is 6.66. The third kappa shape index (κ3) is 2.90. The number of rotatable bonds is 1. The molecule has 2 aromatic heterocycles. The van der Waals surface area contributed by atoms with Gasteiger partial charge in [-0.05, 0) is 45.0 Å². The van der Waals surface area contributed by atoms with E-state index in [1.165, 1.54) is 0 Å². The lowest BCUT2D eigenvalue weighted by Crippen LogP contribution is -2.35. The highest BCUT2D eigenvalue weighted by atomic mass is 16.1. The van der Waals surface area contributed by atoms with Crippen LogP contribution in [0.4, 0.5) is 0 Å². The van der Waals surface area contributed by atoms with E-state index in [4.69, 9.17) is 9.98 Å². The van der Waals surface area contributed by atoms with Crippen molar-refractivity contribution in [2.45, 2.75) is 26.3 Å². The minimum Gasteiger partial charge on any atom is -0.267 e. The SMILES string of the molecule is CC(C)(C)N=c1c2ccccc2c2nc3ccccc3c(=O)n2n1-c1ccccc1. The van der Waals surface area contributed by atoms with Gasteiger partial charge in [-0.2, -0.15) is 4.52 Å². The third-order valence-electron chi connectivity index (χ3n) is 5.01. The maximum atomic E-state index is 13.7. The number of hydrogen-bond donors (Lipinski definition) is 0. The lowest BCUT2D eigenvalue weighted by molar-refractivity contribution is 0.548. The van der Waals surface area contributed by atoms with Crippen molar-refractivity contribution in [1.29, 1.82) is 0 Å². The second-order valence-electron chi connectivity index (χ2n) is 8.37. The molecule has 0 radical (unpaired) electrons. The highest BCUT2D eigenvalue weighted by Crippen LogP contribution is 2.19. The van der Waals surface area contributed by atoms with Crippen molar-refractivity contribution in [2.75, 3.05) is 0 Å². The summed E-state index contributed by atoms with van der Waals surface area (Å²) in [5.74, 6) is 0. The lowest BCUT2D eigenvalue weighted by Gasteiger charge is -2.19. The Morgan fingerprint density at radius 1 is 0.767 bits per heavy atom. The van der Waals surface area contributed by atoms with E-state index in [0.717, 1.165) is 21.9 Å². The van der Waals surface area contributed by atoms with Gasteiger partial charge >= 0.3 is 0 Å². The zero-order chi connectivity index (χ0) is 20.9. The van der Waals surface area contributed by atoms with Gasteiger partial charge in [0.1, 0.15) is 0 Å². The molecule has 5 nitrogen and oxygen atoms in total. The Hall–Kier alpha value is -3.73. The van der Waals surface area contributed by atoms with Crippen molar-refractivity contribution in [2.24, 2.45) is 4.99 Å². The molecule has 0 unspecified atom stereocenters. The number of aromatic nitrogens is 3. The molecule has 0 fully saturated rings. The first kappa shape index (κ1) is 18.3. The Labute approximate surface area is 173 Å². The van der Waals surface area contributed by atoms with Crippen molar-refractivity contribution >= 4 is 27.3 Å². The third-order valence-corrected chi connectivity index (χ3v) is 5.01. The van der Waals surface area contributed by atoms with Crippen LogP contribution < -0.4 is 11.0 Å². The standard InChI is InChI=1S/C25H22N4O/c1-25(2,3)27-23-19-14-8-7-13-18(19)22-26-21-16-10-9-15-20(21)24(30)29(22)28(23)17-11-5-4-6-12-17/h4-16H,1-3H3. The summed E-state index contributed by atoms with van der Waals surface area (Å²) in [6.45, 7) is 6.17. The number of fused-ring (bicyclic) bond motifs is 4. The van der Waals surface area contributed by atoms with Crippen LogP contribution in [0.5, 0.6) is 0 Å². The van der Waals surface area contributed by atoms with Gasteiger partial charge < -0.3 is 0 Å². The summed E-state index contributed by atoms with van der Waals surface area (Å²) in [7, 11) is 0. The van der Waals surface area contributed by atoms with Gasteiger partial charge in [0.05, 0.1) is 22.1 Å². The molecule has 0 amide bonds. The van der Waals surface area contributed by atoms with E-state index >= 15 is 0 Å². The van der Waals surface area contributed by atoms with Gasteiger partial charge in [0.2, 0.25) is 0 Å². The first-order valence-corrected chi connectivity index (χ1v) is 10.0. The quantitative estimate of drug-likeness (QED) is 0.311. The zero-order valence-corrected chi connectivity index (χ0v) is 17.2. The van der Waals surface area contributed by atoms with Crippen molar-refractivity contribution in [3.05, 3.63) is 94.7 Å². The van der Waals surface area contributed by atoms with Crippen LogP contribution in [-0.2, 0) is 0 Å². The zero-order valence-electron chi connectivity index (χ0n) is 17.2. The number of para-hydroxylation sites is 2. The van der Waals surface area contributed by atoms with E-state index in [0.29, 0.717) is 16.6 Å². The van der Waals surface area contributed by atoms with Gasteiger partial charge in [-0.1, -0.05) is 54.6 Å². The molecule has 30 heavy (non-hydrogen) atoms. The van der Waals surface area contributed by atoms with Gasteiger partial charge in [-0.15, -0.1) is 0 Å². The van der Waals surface area contributed by atoms with Gasteiger partial charge in [-0.25, -0.2) is 9.67 Å². The molecule has 5 aromatic rings. The second-order valence-corrected chi connectivity index (χ2v) is 8.37. The Morgan fingerprint density at radius 2 is 1.37 bits per heavy atom. The molecule has 148 valence electrons. The van der Waals surface area contributed by atoms with Crippen molar-refractivity contribution in [3.63, 3.8) is 0 Å². The maximum Gasteiger partial charge on any atom is 0.281 e. The number of benzene rings is 3. The van der Waals surface area contributed by atoms with Gasteiger partial charge in [0, 0.05) is 10.8 Å². The largest absolute Gasteiger partial charge is 0.281 e. The smallest absolute Gasteiger partial charge is 0.267 e. The summed E-state index contributed by atoms with van der Waals surface area (Å²) in [4.78, 5) is 23.6. The summed E-state index contributed by atoms with van der Waals surface area (Å²) < 4.78 is 3.55. The Bertz CT molecular complexity index is 1540. The molecule has 2 heterocycles. The fraction of sp³-hybridized carbons (Fsp3) is 0.160. The van der Waals surface area contributed by atoms with E-state index in [-0.39, 0.29) is 11.1 Å². The van der Waals surface area contributed by atoms with Crippen molar-refractivity contribution in [1.82, 2.24) is 14.2 Å². The molecule has 0 aliphatic rings.